The summed E-state index contributed by atoms with van der Waals surface area (Å²) in [5.41, 5.74) is 5.00. The predicted molar refractivity (Wildman–Crippen MR) is 84.7 cm³/mol. The minimum absolute atomic E-state index is 0.234. The molecule has 1 amide bonds. The Morgan fingerprint density at radius 3 is 2.73 bits per heavy atom. The molecule has 0 saturated heterocycles. The molecule has 2 aromatic rings. The Balaban J connectivity index is 1.44. The van der Waals surface area contributed by atoms with Crippen LogP contribution in [0.25, 0.3) is 0 Å². The first-order valence-electron chi connectivity index (χ1n) is 8.19. The van der Waals surface area contributed by atoms with Gasteiger partial charge in [0.2, 0.25) is 5.91 Å². The largest absolute Gasteiger partial charge is 0.342 e. The molecule has 22 heavy (non-hydrogen) atoms. The zero-order chi connectivity index (χ0) is 14.9. The van der Waals surface area contributed by atoms with Crippen molar-refractivity contribution < 1.29 is 4.79 Å². The molecule has 1 saturated carbocycles. The number of nitrogens with zero attached hydrogens (tertiary/aromatic N) is 2. The lowest BCUT2D eigenvalue weighted by atomic mass is 10.1. The molecular formula is C18H21N3O. The maximum Gasteiger partial charge on any atom is 0.227 e. The summed E-state index contributed by atoms with van der Waals surface area (Å²) in [4.78, 5) is 14.5. The van der Waals surface area contributed by atoms with E-state index in [1.165, 1.54) is 29.8 Å². The predicted octanol–water partition coefficient (Wildman–Crippen LogP) is 2.46. The van der Waals surface area contributed by atoms with E-state index < -0.39 is 0 Å². The number of hydrogen-bond acceptors (Lipinski definition) is 2. The Bertz CT molecular complexity index is 673. The summed E-state index contributed by atoms with van der Waals surface area (Å²) in [6, 6.07) is 10.0. The molecule has 2 heterocycles. The first-order chi connectivity index (χ1) is 10.8. The maximum absolute atomic E-state index is 12.5. The molecule has 0 radical (unpaired) electrons. The molecule has 1 aromatic carbocycles. The molecule has 2 aliphatic rings. The number of carbonyl (C=O) groups is 1. The van der Waals surface area contributed by atoms with Gasteiger partial charge in [-0.2, -0.15) is 5.10 Å². The average molecular weight is 295 g/mol. The minimum Gasteiger partial charge on any atom is -0.342 e. The van der Waals surface area contributed by atoms with Crippen molar-refractivity contribution in [2.75, 3.05) is 13.1 Å². The number of benzene rings is 1. The number of rotatable bonds is 3. The van der Waals surface area contributed by atoms with Gasteiger partial charge in [0.15, 0.2) is 0 Å². The molecule has 114 valence electrons. The van der Waals surface area contributed by atoms with E-state index in [1.807, 2.05) is 35.2 Å². The highest BCUT2D eigenvalue weighted by Crippen LogP contribution is 2.41. The Morgan fingerprint density at radius 1 is 1.18 bits per heavy atom. The van der Waals surface area contributed by atoms with E-state index in [2.05, 4.69) is 10.2 Å². The van der Waals surface area contributed by atoms with Gasteiger partial charge in [-0.15, -0.1) is 0 Å². The number of amides is 1. The summed E-state index contributed by atoms with van der Waals surface area (Å²) in [7, 11) is 0. The van der Waals surface area contributed by atoms with Gasteiger partial charge in [-0.3, -0.25) is 9.89 Å². The van der Waals surface area contributed by atoms with Crippen molar-refractivity contribution >= 4 is 5.91 Å². The van der Waals surface area contributed by atoms with Gasteiger partial charge >= 0.3 is 0 Å². The van der Waals surface area contributed by atoms with Crippen molar-refractivity contribution in [2.24, 2.45) is 0 Å². The molecule has 4 nitrogen and oxygen atoms in total. The van der Waals surface area contributed by atoms with Crippen LogP contribution < -0.4 is 0 Å². The summed E-state index contributed by atoms with van der Waals surface area (Å²) >= 11 is 0. The maximum atomic E-state index is 12.5. The number of hydrogen-bond donors (Lipinski definition) is 1. The van der Waals surface area contributed by atoms with E-state index in [4.69, 9.17) is 0 Å². The normalized spacial score (nSPS) is 17.9. The SMILES string of the molecule is O=C(Cc1ccccc1)N1CCc2[nH]nc(C3CC3)c2CC1. The Kier molecular flexibility index (Phi) is 3.45. The van der Waals surface area contributed by atoms with Crippen LogP contribution in [0.1, 0.15) is 41.3 Å². The fourth-order valence-corrected chi connectivity index (χ4v) is 3.33. The number of fused-ring (bicyclic) bond motifs is 1. The van der Waals surface area contributed by atoms with Gasteiger partial charge in [-0.05, 0) is 30.4 Å². The number of aromatic amines is 1. The third-order valence-electron chi connectivity index (χ3n) is 4.76. The van der Waals surface area contributed by atoms with Gasteiger partial charge in [-0.1, -0.05) is 30.3 Å². The van der Waals surface area contributed by atoms with E-state index in [0.717, 1.165) is 31.5 Å². The van der Waals surface area contributed by atoms with Crippen LogP contribution in [0.3, 0.4) is 0 Å². The van der Waals surface area contributed by atoms with Gasteiger partial charge in [0.25, 0.3) is 0 Å². The quantitative estimate of drug-likeness (QED) is 0.945. The molecule has 0 bridgehead atoms. The first kappa shape index (κ1) is 13.6. The van der Waals surface area contributed by atoms with Crippen LogP contribution in [0.2, 0.25) is 0 Å². The zero-order valence-electron chi connectivity index (χ0n) is 12.7. The van der Waals surface area contributed by atoms with Crippen molar-refractivity contribution in [1.29, 1.82) is 0 Å². The lowest BCUT2D eigenvalue weighted by molar-refractivity contribution is -0.130. The van der Waals surface area contributed by atoms with Gasteiger partial charge in [0.05, 0.1) is 12.1 Å². The van der Waals surface area contributed by atoms with E-state index >= 15 is 0 Å². The molecule has 0 spiro atoms. The van der Waals surface area contributed by atoms with Crippen LogP contribution in [0.15, 0.2) is 30.3 Å². The van der Waals surface area contributed by atoms with Crippen molar-refractivity contribution in [3.05, 3.63) is 52.8 Å². The van der Waals surface area contributed by atoms with E-state index in [-0.39, 0.29) is 5.91 Å². The van der Waals surface area contributed by atoms with Crippen LogP contribution >= 0.6 is 0 Å². The number of aromatic nitrogens is 2. The van der Waals surface area contributed by atoms with Gasteiger partial charge in [-0.25, -0.2) is 0 Å². The Morgan fingerprint density at radius 2 is 1.95 bits per heavy atom. The topological polar surface area (TPSA) is 49.0 Å². The summed E-state index contributed by atoms with van der Waals surface area (Å²) in [5, 5.41) is 7.72. The first-order valence-corrected chi connectivity index (χ1v) is 8.19. The molecule has 4 heteroatoms. The van der Waals surface area contributed by atoms with Crippen molar-refractivity contribution in [2.45, 2.75) is 38.0 Å². The highest BCUT2D eigenvalue weighted by molar-refractivity contribution is 5.78. The molecule has 1 fully saturated rings. The summed E-state index contributed by atoms with van der Waals surface area (Å²) in [6.45, 7) is 1.61. The van der Waals surface area contributed by atoms with Crippen LogP contribution in [0, 0.1) is 0 Å². The van der Waals surface area contributed by atoms with Crippen molar-refractivity contribution in [3.8, 4) is 0 Å². The zero-order valence-corrected chi connectivity index (χ0v) is 12.7. The second-order valence-corrected chi connectivity index (χ2v) is 6.38. The van der Waals surface area contributed by atoms with E-state index in [9.17, 15) is 4.79 Å². The lowest BCUT2D eigenvalue weighted by Gasteiger charge is -2.20. The standard InChI is InChI=1S/C18H21N3O/c22-17(12-13-4-2-1-3-5-13)21-10-8-15-16(9-11-21)19-20-18(15)14-6-7-14/h1-5,14H,6-12H2,(H,19,20). The molecule has 1 aliphatic carbocycles. The van der Waals surface area contributed by atoms with Gasteiger partial charge in [0.1, 0.15) is 0 Å². The van der Waals surface area contributed by atoms with Crippen LogP contribution in [-0.2, 0) is 24.1 Å². The lowest BCUT2D eigenvalue weighted by Crippen LogP contribution is -2.34. The Hall–Kier alpha value is -2.10. The molecule has 1 N–H and O–H groups in total. The fraction of sp³-hybridized carbons (Fsp3) is 0.444. The summed E-state index contributed by atoms with van der Waals surface area (Å²) in [5.74, 6) is 0.906. The molecule has 1 aromatic heterocycles. The van der Waals surface area contributed by atoms with Crippen molar-refractivity contribution in [1.82, 2.24) is 15.1 Å². The summed E-state index contributed by atoms with van der Waals surface area (Å²) < 4.78 is 0. The molecule has 0 atom stereocenters. The third kappa shape index (κ3) is 2.65. The highest BCUT2D eigenvalue weighted by atomic mass is 16.2. The number of nitrogens with one attached hydrogen (secondary N) is 1. The third-order valence-corrected chi connectivity index (χ3v) is 4.76. The average Bonchev–Trinajstić information content (AvgIpc) is 3.33. The number of H-pyrrole nitrogens is 1. The van der Waals surface area contributed by atoms with Crippen LogP contribution in [-0.4, -0.2) is 34.1 Å². The van der Waals surface area contributed by atoms with Crippen molar-refractivity contribution in [3.63, 3.8) is 0 Å². The smallest absolute Gasteiger partial charge is 0.227 e. The Labute approximate surface area is 130 Å². The summed E-state index contributed by atoms with van der Waals surface area (Å²) in [6.07, 6.45) is 4.89. The molecule has 0 unspecified atom stereocenters. The molecule has 4 rings (SSSR count). The van der Waals surface area contributed by atoms with Gasteiger partial charge < -0.3 is 4.90 Å². The second kappa shape index (κ2) is 5.59. The monoisotopic (exact) mass is 295 g/mol. The fourth-order valence-electron chi connectivity index (χ4n) is 3.33. The van der Waals surface area contributed by atoms with Gasteiger partial charge in [0, 0.05) is 31.1 Å². The van der Waals surface area contributed by atoms with E-state index in [0.29, 0.717) is 12.3 Å². The number of carbonyl (C=O) groups excluding carboxylic acids is 1. The van der Waals surface area contributed by atoms with E-state index in [1.54, 1.807) is 0 Å². The molecular weight excluding hydrogens is 274 g/mol. The minimum atomic E-state index is 0.234. The second-order valence-electron chi connectivity index (χ2n) is 6.38. The van der Waals surface area contributed by atoms with Crippen LogP contribution in [0.5, 0.6) is 0 Å². The highest BCUT2D eigenvalue weighted by Gasteiger charge is 2.31. The van der Waals surface area contributed by atoms with Crippen LogP contribution in [0.4, 0.5) is 0 Å². The molecule has 1 aliphatic heterocycles.